The van der Waals surface area contributed by atoms with Gasteiger partial charge in [0.25, 0.3) is 0 Å². The quantitative estimate of drug-likeness (QED) is 0.686. The van der Waals surface area contributed by atoms with E-state index in [1.54, 1.807) is 12.1 Å². The fraction of sp³-hybridized carbons (Fsp3) is 0.462. The first-order chi connectivity index (χ1) is 10.7. The van der Waals surface area contributed by atoms with Crippen LogP contribution in [0, 0.1) is 0 Å². The van der Waals surface area contributed by atoms with E-state index in [1.165, 1.54) is 18.1 Å². The molecule has 0 unspecified atom stereocenters. The molecule has 0 spiro atoms. The highest BCUT2D eigenvalue weighted by Crippen LogP contribution is 2.27. The van der Waals surface area contributed by atoms with E-state index in [0.717, 1.165) is 0 Å². The highest BCUT2D eigenvalue weighted by molar-refractivity contribution is 9.11. The van der Waals surface area contributed by atoms with E-state index in [1.807, 2.05) is 0 Å². The van der Waals surface area contributed by atoms with Gasteiger partial charge >= 0.3 is 6.09 Å². The molecule has 0 radical (unpaired) electrons. The SMILES string of the molecule is COC[C@H]1C[C@@H](NS(=O)(=O)c2cc(Br)ccc2Br)CN1C(=O)O. The number of sulfonamides is 1. The summed E-state index contributed by atoms with van der Waals surface area (Å²) in [6, 6.07) is 3.98. The minimum absolute atomic E-state index is 0.0915. The Kier molecular flexibility index (Phi) is 6.06. The Morgan fingerprint density at radius 2 is 2.17 bits per heavy atom. The number of nitrogens with zero attached hydrogens (tertiary/aromatic N) is 1. The van der Waals surface area contributed by atoms with Gasteiger partial charge in [0.2, 0.25) is 10.0 Å². The zero-order valence-corrected chi connectivity index (χ0v) is 16.2. The van der Waals surface area contributed by atoms with E-state index in [4.69, 9.17) is 4.74 Å². The summed E-state index contributed by atoms with van der Waals surface area (Å²) in [7, 11) is -2.29. The monoisotopic (exact) mass is 470 g/mol. The number of hydrogen-bond acceptors (Lipinski definition) is 4. The fourth-order valence-corrected chi connectivity index (χ4v) is 5.29. The van der Waals surface area contributed by atoms with Gasteiger partial charge in [-0.1, -0.05) is 15.9 Å². The third-order valence-corrected chi connectivity index (χ3v) is 6.53. The van der Waals surface area contributed by atoms with Crippen molar-refractivity contribution in [3.63, 3.8) is 0 Å². The summed E-state index contributed by atoms with van der Waals surface area (Å²) in [6.45, 7) is 0.319. The molecule has 1 aromatic rings. The third kappa shape index (κ3) is 4.44. The summed E-state index contributed by atoms with van der Waals surface area (Å²) < 4.78 is 33.7. The molecule has 1 fully saturated rings. The average molecular weight is 472 g/mol. The molecule has 7 nitrogen and oxygen atoms in total. The van der Waals surface area contributed by atoms with Gasteiger partial charge in [0.15, 0.2) is 0 Å². The standard InChI is InChI=1S/C13H16Br2N2O5S/c1-22-7-10-5-9(6-17(10)13(18)19)16-23(20,21)12-4-8(14)2-3-11(12)15/h2-4,9-10,16H,5-7H2,1H3,(H,18,19)/t9-,10-/m1/s1. The molecule has 0 aromatic heterocycles. The minimum Gasteiger partial charge on any atom is -0.465 e. The zero-order valence-electron chi connectivity index (χ0n) is 12.2. The lowest BCUT2D eigenvalue weighted by atomic mass is 10.2. The van der Waals surface area contributed by atoms with E-state index >= 15 is 0 Å². The molecule has 1 aliphatic rings. The Labute approximate surface area is 151 Å². The van der Waals surface area contributed by atoms with E-state index in [9.17, 15) is 18.3 Å². The smallest absolute Gasteiger partial charge is 0.407 e. The molecule has 0 saturated carbocycles. The molecule has 2 N–H and O–H groups in total. The Hall–Kier alpha value is -0.680. The molecule has 1 heterocycles. The van der Waals surface area contributed by atoms with E-state index < -0.39 is 22.2 Å². The first kappa shape index (κ1) is 18.7. The van der Waals surface area contributed by atoms with Crippen LogP contribution in [0.3, 0.4) is 0 Å². The van der Waals surface area contributed by atoms with Crippen molar-refractivity contribution in [2.24, 2.45) is 0 Å². The highest BCUT2D eigenvalue weighted by atomic mass is 79.9. The van der Waals surface area contributed by atoms with Crippen molar-refractivity contribution >= 4 is 48.0 Å². The molecule has 1 aliphatic heterocycles. The van der Waals surface area contributed by atoms with Crippen LogP contribution in [0.15, 0.2) is 32.0 Å². The Bertz CT molecular complexity index is 698. The van der Waals surface area contributed by atoms with E-state index in [0.29, 0.717) is 15.4 Å². The molecule has 1 aromatic carbocycles. The topological polar surface area (TPSA) is 95.9 Å². The second kappa shape index (κ2) is 7.47. The number of carboxylic acid groups (broad SMARTS) is 1. The van der Waals surface area contributed by atoms with Gasteiger partial charge in [-0.3, -0.25) is 0 Å². The molecule has 1 saturated heterocycles. The molecular formula is C13H16Br2N2O5S. The first-order valence-corrected chi connectivity index (χ1v) is 9.77. The predicted molar refractivity (Wildman–Crippen MR) is 91.0 cm³/mol. The number of benzene rings is 1. The lowest BCUT2D eigenvalue weighted by Crippen LogP contribution is -2.39. The van der Waals surface area contributed by atoms with Gasteiger partial charge in [-0.05, 0) is 40.5 Å². The Morgan fingerprint density at radius 1 is 1.48 bits per heavy atom. The molecule has 0 aliphatic carbocycles. The van der Waals surface area contributed by atoms with Crippen LogP contribution in [0.5, 0.6) is 0 Å². The molecule has 1 amide bonds. The normalized spacial score (nSPS) is 21.6. The van der Waals surface area contributed by atoms with Crippen LogP contribution in [0.4, 0.5) is 4.79 Å². The Morgan fingerprint density at radius 3 is 2.78 bits per heavy atom. The number of carbonyl (C=O) groups is 1. The second-order valence-electron chi connectivity index (χ2n) is 5.17. The maximum Gasteiger partial charge on any atom is 0.407 e. The molecule has 128 valence electrons. The lowest BCUT2D eigenvalue weighted by Gasteiger charge is -2.19. The van der Waals surface area contributed by atoms with Gasteiger partial charge in [-0.2, -0.15) is 0 Å². The predicted octanol–water partition coefficient (Wildman–Crippen LogP) is 2.26. The average Bonchev–Trinajstić information content (AvgIpc) is 2.84. The number of ether oxygens (including phenoxy) is 1. The third-order valence-electron chi connectivity index (χ3n) is 3.52. The molecular weight excluding hydrogens is 456 g/mol. The number of nitrogens with one attached hydrogen (secondary N) is 1. The van der Waals surface area contributed by atoms with Crippen LogP contribution in [-0.4, -0.2) is 56.9 Å². The van der Waals surface area contributed by atoms with Crippen LogP contribution in [-0.2, 0) is 14.8 Å². The van der Waals surface area contributed by atoms with Crippen LogP contribution < -0.4 is 4.72 Å². The van der Waals surface area contributed by atoms with Gasteiger partial charge in [0, 0.05) is 28.6 Å². The maximum absolute atomic E-state index is 12.5. The van der Waals surface area contributed by atoms with Crippen molar-refractivity contribution < 1.29 is 23.1 Å². The van der Waals surface area contributed by atoms with Crippen molar-refractivity contribution in [3.8, 4) is 0 Å². The van der Waals surface area contributed by atoms with Gasteiger partial charge in [0.1, 0.15) is 0 Å². The summed E-state index contributed by atoms with van der Waals surface area (Å²) in [4.78, 5) is 12.5. The van der Waals surface area contributed by atoms with Gasteiger partial charge in [0.05, 0.1) is 17.5 Å². The summed E-state index contributed by atoms with van der Waals surface area (Å²) in [6.07, 6.45) is -0.720. The van der Waals surface area contributed by atoms with Crippen molar-refractivity contribution in [3.05, 3.63) is 27.1 Å². The van der Waals surface area contributed by atoms with Crippen molar-refractivity contribution in [1.82, 2.24) is 9.62 Å². The summed E-state index contributed by atoms with van der Waals surface area (Å²) in [5, 5.41) is 9.20. The number of rotatable bonds is 5. The summed E-state index contributed by atoms with van der Waals surface area (Å²) in [5.74, 6) is 0. The first-order valence-electron chi connectivity index (χ1n) is 6.70. The fourth-order valence-electron chi connectivity index (χ4n) is 2.55. The highest BCUT2D eigenvalue weighted by Gasteiger charge is 2.37. The van der Waals surface area contributed by atoms with Crippen molar-refractivity contribution in [1.29, 1.82) is 0 Å². The molecule has 0 bridgehead atoms. The zero-order chi connectivity index (χ0) is 17.2. The number of amides is 1. The number of hydrogen-bond donors (Lipinski definition) is 2. The Balaban J connectivity index is 2.18. The molecule has 23 heavy (non-hydrogen) atoms. The van der Waals surface area contributed by atoms with Crippen LogP contribution in [0.25, 0.3) is 0 Å². The number of likely N-dealkylation sites (tertiary alicyclic amines) is 1. The summed E-state index contributed by atoms with van der Waals surface area (Å²) >= 11 is 6.47. The van der Waals surface area contributed by atoms with E-state index in [-0.39, 0.29) is 24.1 Å². The molecule has 2 rings (SSSR count). The van der Waals surface area contributed by atoms with Gasteiger partial charge < -0.3 is 14.7 Å². The van der Waals surface area contributed by atoms with Crippen molar-refractivity contribution in [2.75, 3.05) is 20.3 Å². The number of halogens is 2. The minimum atomic E-state index is -3.77. The van der Waals surface area contributed by atoms with Gasteiger partial charge in [-0.15, -0.1) is 0 Å². The van der Waals surface area contributed by atoms with Crippen LogP contribution in [0.2, 0.25) is 0 Å². The summed E-state index contributed by atoms with van der Waals surface area (Å²) in [5.41, 5.74) is 0. The largest absolute Gasteiger partial charge is 0.465 e. The van der Waals surface area contributed by atoms with Crippen LogP contribution in [0.1, 0.15) is 6.42 Å². The number of methoxy groups -OCH3 is 1. The maximum atomic E-state index is 12.5. The lowest BCUT2D eigenvalue weighted by molar-refractivity contribution is 0.0990. The van der Waals surface area contributed by atoms with Gasteiger partial charge in [-0.25, -0.2) is 17.9 Å². The molecule has 2 atom stereocenters. The molecule has 10 heteroatoms. The van der Waals surface area contributed by atoms with Crippen LogP contribution >= 0.6 is 31.9 Å². The van der Waals surface area contributed by atoms with E-state index in [2.05, 4.69) is 36.6 Å². The second-order valence-corrected chi connectivity index (χ2v) is 8.63. The van der Waals surface area contributed by atoms with Crippen molar-refractivity contribution in [2.45, 2.75) is 23.4 Å².